The van der Waals surface area contributed by atoms with E-state index in [0.29, 0.717) is 31.7 Å². The molecule has 1 aromatic rings. The lowest BCUT2D eigenvalue weighted by molar-refractivity contribution is -0.153. The summed E-state index contributed by atoms with van der Waals surface area (Å²) in [6.45, 7) is 2.80. The molecule has 1 saturated heterocycles. The molecule has 1 heterocycles. The second-order valence-electron chi connectivity index (χ2n) is 5.54. The first kappa shape index (κ1) is 17.0. The van der Waals surface area contributed by atoms with Crippen molar-refractivity contribution in [3.8, 4) is 0 Å². The fourth-order valence-electron chi connectivity index (χ4n) is 2.66. The molecule has 6 nitrogen and oxygen atoms in total. The molecule has 0 bridgehead atoms. The molecule has 1 fully saturated rings. The first-order valence-corrected chi connectivity index (χ1v) is 7.83. The summed E-state index contributed by atoms with van der Waals surface area (Å²) in [6.07, 6.45) is 1.38. The van der Waals surface area contributed by atoms with E-state index in [9.17, 15) is 14.4 Å². The third-order valence-corrected chi connectivity index (χ3v) is 3.96. The van der Waals surface area contributed by atoms with Crippen molar-refractivity contribution in [3.05, 3.63) is 30.3 Å². The van der Waals surface area contributed by atoms with E-state index >= 15 is 0 Å². The van der Waals surface area contributed by atoms with Crippen LogP contribution < -0.4 is 4.90 Å². The van der Waals surface area contributed by atoms with Crippen LogP contribution in [0.1, 0.15) is 19.8 Å². The van der Waals surface area contributed by atoms with E-state index in [1.807, 2.05) is 6.07 Å². The maximum atomic E-state index is 12.4. The first-order chi connectivity index (χ1) is 11.0. The lowest BCUT2D eigenvalue weighted by Gasteiger charge is -2.32. The van der Waals surface area contributed by atoms with Crippen LogP contribution in [0, 0.1) is 5.92 Å². The molecule has 124 valence electrons. The minimum absolute atomic E-state index is 0.242. The van der Waals surface area contributed by atoms with Gasteiger partial charge in [0, 0.05) is 25.8 Å². The number of likely N-dealkylation sites (tertiary alicyclic amines) is 1. The number of hydrogen-bond acceptors (Lipinski definition) is 4. The lowest BCUT2D eigenvalue weighted by atomic mass is 9.98. The van der Waals surface area contributed by atoms with Gasteiger partial charge in [0.1, 0.15) is 0 Å². The van der Waals surface area contributed by atoms with Crippen molar-refractivity contribution in [2.45, 2.75) is 19.8 Å². The number of piperidine rings is 1. The summed E-state index contributed by atoms with van der Waals surface area (Å²) >= 11 is 0. The van der Waals surface area contributed by atoms with Crippen molar-refractivity contribution in [1.29, 1.82) is 0 Å². The molecule has 0 saturated carbocycles. The largest absolute Gasteiger partial charge is 0.466 e. The first-order valence-electron chi connectivity index (χ1n) is 7.83. The summed E-state index contributed by atoms with van der Waals surface area (Å²) in [5, 5.41) is 0. The van der Waals surface area contributed by atoms with Crippen molar-refractivity contribution in [2.24, 2.45) is 5.92 Å². The van der Waals surface area contributed by atoms with Crippen LogP contribution in [0.3, 0.4) is 0 Å². The highest BCUT2D eigenvalue weighted by Gasteiger charge is 2.33. The third kappa shape index (κ3) is 4.09. The van der Waals surface area contributed by atoms with E-state index in [4.69, 9.17) is 4.74 Å². The summed E-state index contributed by atoms with van der Waals surface area (Å²) in [6, 6.07) is 8.99. The average molecular weight is 318 g/mol. The number of carbonyl (C=O) groups is 3. The van der Waals surface area contributed by atoms with Gasteiger partial charge in [-0.3, -0.25) is 14.4 Å². The highest BCUT2D eigenvalue weighted by molar-refractivity contribution is 6.40. The van der Waals surface area contributed by atoms with Gasteiger partial charge in [-0.05, 0) is 31.9 Å². The Morgan fingerprint density at radius 3 is 2.61 bits per heavy atom. The minimum atomic E-state index is -0.597. The Hall–Kier alpha value is -2.37. The molecular weight excluding hydrogens is 296 g/mol. The molecular formula is C17H22N2O4. The van der Waals surface area contributed by atoms with E-state index in [1.165, 1.54) is 9.80 Å². The Balaban J connectivity index is 2.01. The van der Waals surface area contributed by atoms with Crippen LogP contribution in [0.5, 0.6) is 0 Å². The van der Waals surface area contributed by atoms with E-state index in [1.54, 1.807) is 38.2 Å². The normalized spacial score (nSPS) is 17.5. The van der Waals surface area contributed by atoms with E-state index in [-0.39, 0.29) is 18.4 Å². The third-order valence-electron chi connectivity index (χ3n) is 3.96. The quantitative estimate of drug-likeness (QED) is 0.625. The number of amides is 2. The lowest BCUT2D eigenvalue weighted by Crippen LogP contribution is -2.49. The van der Waals surface area contributed by atoms with Crippen LogP contribution >= 0.6 is 0 Å². The van der Waals surface area contributed by atoms with Gasteiger partial charge in [0.25, 0.3) is 0 Å². The highest BCUT2D eigenvalue weighted by atomic mass is 16.5. The van der Waals surface area contributed by atoms with Gasteiger partial charge in [0.15, 0.2) is 0 Å². The molecule has 2 rings (SSSR count). The Morgan fingerprint density at radius 1 is 1.26 bits per heavy atom. The van der Waals surface area contributed by atoms with Gasteiger partial charge in [-0.1, -0.05) is 18.2 Å². The van der Waals surface area contributed by atoms with Crippen LogP contribution in [0.2, 0.25) is 0 Å². The molecule has 1 atom stereocenters. The zero-order chi connectivity index (χ0) is 16.8. The Kier molecular flexibility index (Phi) is 5.73. The predicted octanol–water partition coefficient (Wildman–Crippen LogP) is 1.45. The standard InChI is InChI=1S/C17H22N2O4/c1-3-23-17(22)13-8-7-11-19(12-13)16(21)15(20)18(2)14-9-5-4-6-10-14/h4-6,9-10,13H,3,7-8,11-12H2,1-2H3. The zero-order valence-electron chi connectivity index (χ0n) is 13.5. The molecule has 0 spiro atoms. The van der Waals surface area contributed by atoms with Crippen LogP contribution in [0.25, 0.3) is 0 Å². The number of carbonyl (C=O) groups excluding carboxylic acids is 3. The maximum Gasteiger partial charge on any atom is 0.316 e. The topological polar surface area (TPSA) is 66.9 Å². The molecule has 0 radical (unpaired) electrons. The molecule has 6 heteroatoms. The zero-order valence-corrected chi connectivity index (χ0v) is 13.5. The number of ether oxygens (including phenoxy) is 1. The molecule has 2 amide bonds. The maximum absolute atomic E-state index is 12.4. The number of para-hydroxylation sites is 1. The van der Waals surface area contributed by atoms with Crippen LogP contribution in [-0.2, 0) is 19.1 Å². The summed E-state index contributed by atoms with van der Waals surface area (Å²) < 4.78 is 5.01. The molecule has 23 heavy (non-hydrogen) atoms. The van der Waals surface area contributed by atoms with Gasteiger partial charge in [-0.25, -0.2) is 0 Å². The molecule has 1 unspecified atom stereocenters. The number of anilines is 1. The Labute approximate surface area is 136 Å². The minimum Gasteiger partial charge on any atom is -0.466 e. The number of benzene rings is 1. The van der Waals surface area contributed by atoms with Gasteiger partial charge in [0.2, 0.25) is 0 Å². The van der Waals surface area contributed by atoms with Gasteiger partial charge >= 0.3 is 17.8 Å². The van der Waals surface area contributed by atoms with Crippen LogP contribution in [-0.4, -0.2) is 49.4 Å². The van der Waals surface area contributed by atoms with Gasteiger partial charge < -0.3 is 14.5 Å². The van der Waals surface area contributed by atoms with Crippen molar-refractivity contribution < 1.29 is 19.1 Å². The summed E-state index contributed by atoms with van der Waals surface area (Å²) in [4.78, 5) is 39.4. The predicted molar refractivity (Wildman–Crippen MR) is 85.8 cm³/mol. The van der Waals surface area contributed by atoms with E-state index in [2.05, 4.69) is 0 Å². The van der Waals surface area contributed by atoms with Gasteiger partial charge in [0.05, 0.1) is 12.5 Å². The van der Waals surface area contributed by atoms with Crippen LogP contribution in [0.15, 0.2) is 30.3 Å². The van der Waals surface area contributed by atoms with Crippen molar-refractivity contribution in [2.75, 3.05) is 31.6 Å². The Morgan fingerprint density at radius 2 is 1.96 bits per heavy atom. The van der Waals surface area contributed by atoms with Crippen molar-refractivity contribution in [1.82, 2.24) is 4.90 Å². The molecule has 1 aromatic carbocycles. The monoisotopic (exact) mass is 318 g/mol. The average Bonchev–Trinajstić information content (AvgIpc) is 2.61. The second-order valence-corrected chi connectivity index (χ2v) is 5.54. The number of rotatable bonds is 3. The number of esters is 1. The van der Waals surface area contributed by atoms with Gasteiger partial charge in [-0.2, -0.15) is 0 Å². The van der Waals surface area contributed by atoms with E-state index < -0.39 is 11.8 Å². The SMILES string of the molecule is CCOC(=O)C1CCCN(C(=O)C(=O)N(C)c2ccccc2)C1. The number of likely N-dealkylation sites (N-methyl/N-ethyl adjacent to an activating group) is 1. The Bertz CT molecular complexity index is 573. The fourth-order valence-corrected chi connectivity index (χ4v) is 2.66. The smallest absolute Gasteiger partial charge is 0.316 e. The summed E-state index contributed by atoms with van der Waals surface area (Å²) in [7, 11) is 1.57. The second kappa shape index (κ2) is 7.76. The van der Waals surface area contributed by atoms with Crippen molar-refractivity contribution in [3.63, 3.8) is 0 Å². The molecule has 0 N–H and O–H groups in total. The molecule has 0 aromatic heterocycles. The fraction of sp³-hybridized carbons (Fsp3) is 0.471. The summed E-state index contributed by atoms with van der Waals surface area (Å²) in [5.41, 5.74) is 0.657. The molecule has 1 aliphatic heterocycles. The number of hydrogen-bond donors (Lipinski definition) is 0. The molecule has 1 aliphatic rings. The van der Waals surface area contributed by atoms with Gasteiger partial charge in [-0.15, -0.1) is 0 Å². The molecule has 0 aliphatic carbocycles. The highest BCUT2D eigenvalue weighted by Crippen LogP contribution is 2.19. The number of nitrogens with zero attached hydrogens (tertiary/aromatic N) is 2. The van der Waals surface area contributed by atoms with E-state index in [0.717, 1.165) is 0 Å². The summed E-state index contributed by atoms with van der Waals surface area (Å²) in [5.74, 6) is -1.82. The van der Waals surface area contributed by atoms with Crippen LogP contribution in [0.4, 0.5) is 5.69 Å². The van der Waals surface area contributed by atoms with Crippen molar-refractivity contribution >= 4 is 23.5 Å².